The van der Waals surface area contributed by atoms with Crippen LogP contribution in [0.2, 0.25) is 5.02 Å². The number of aryl methyl sites for hydroxylation is 1. The highest BCUT2D eigenvalue weighted by Crippen LogP contribution is 2.20. The van der Waals surface area contributed by atoms with Gasteiger partial charge in [-0.2, -0.15) is 0 Å². The van der Waals surface area contributed by atoms with Crippen molar-refractivity contribution in [1.29, 1.82) is 0 Å². The van der Waals surface area contributed by atoms with E-state index in [1.54, 1.807) is 54.6 Å². The number of nitrogens with one attached hydrogen (secondary N) is 4. The summed E-state index contributed by atoms with van der Waals surface area (Å²) in [5.74, 6) is -0.666. The molecule has 2 amide bonds. The van der Waals surface area contributed by atoms with Gasteiger partial charge in [-0.3, -0.25) is 20.4 Å². The van der Waals surface area contributed by atoms with Gasteiger partial charge in [0.1, 0.15) is 0 Å². The molecule has 0 spiro atoms. The smallest absolute Gasteiger partial charge is 0.269 e. The lowest BCUT2D eigenvalue weighted by Gasteiger charge is -2.13. The summed E-state index contributed by atoms with van der Waals surface area (Å²) < 4.78 is 0. The van der Waals surface area contributed by atoms with Crippen molar-refractivity contribution in [1.82, 2.24) is 10.9 Å². The molecular formula is C22H19ClN4O2S. The summed E-state index contributed by atoms with van der Waals surface area (Å²) in [5.41, 5.74) is 8.21. The number of hydrazine groups is 1. The number of amides is 2. The lowest BCUT2D eigenvalue weighted by molar-refractivity contribution is 0.0943. The minimum atomic E-state index is -0.412. The van der Waals surface area contributed by atoms with Crippen molar-refractivity contribution in [3.8, 4) is 0 Å². The summed E-state index contributed by atoms with van der Waals surface area (Å²) in [7, 11) is 0. The first kappa shape index (κ1) is 21.3. The van der Waals surface area contributed by atoms with E-state index in [0.717, 1.165) is 5.56 Å². The van der Waals surface area contributed by atoms with Gasteiger partial charge in [0.15, 0.2) is 5.11 Å². The zero-order valence-electron chi connectivity index (χ0n) is 16.0. The van der Waals surface area contributed by atoms with E-state index in [0.29, 0.717) is 27.5 Å². The van der Waals surface area contributed by atoms with Crippen molar-refractivity contribution in [2.24, 2.45) is 0 Å². The molecule has 0 heterocycles. The van der Waals surface area contributed by atoms with Crippen LogP contribution in [-0.4, -0.2) is 16.9 Å². The third-order valence-corrected chi connectivity index (χ3v) is 4.64. The minimum absolute atomic E-state index is 0.181. The van der Waals surface area contributed by atoms with Crippen molar-refractivity contribution in [3.63, 3.8) is 0 Å². The van der Waals surface area contributed by atoms with Crippen molar-refractivity contribution in [2.45, 2.75) is 6.92 Å². The second-order valence-electron chi connectivity index (χ2n) is 6.41. The Bertz CT molecular complexity index is 1090. The van der Waals surface area contributed by atoms with Crippen LogP contribution in [-0.2, 0) is 0 Å². The third kappa shape index (κ3) is 5.79. The summed E-state index contributed by atoms with van der Waals surface area (Å²) in [4.78, 5) is 24.8. The fraction of sp³-hybridized carbons (Fsp3) is 0.0455. The summed E-state index contributed by atoms with van der Waals surface area (Å²) >= 11 is 11.2. The maximum atomic E-state index is 12.4. The fourth-order valence-corrected chi connectivity index (χ4v) is 2.89. The Kier molecular flexibility index (Phi) is 7.00. The van der Waals surface area contributed by atoms with Gasteiger partial charge in [-0.1, -0.05) is 47.5 Å². The summed E-state index contributed by atoms with van der Waals surface area (Å²) in [5, 5.41) is 6.36. The normalized spacial score (nSPS) is 10.1. The molecule has 0 unspecified atom stereocenters. The lowest BCUT2D eigenvalue weighted by Crippen LogP contribution is -2.43. The van der Waals surface area contributed by atoms with E-state index in [1.165, 1.54) is 0 Å². The van der Waals surface area contributed by atoms with Gasteiger partial charge < -0.3 is 10.6 Å². The quantitative estimate of drug-likeness (QED) is 0.355. The average Bonchev–Trinajstić information content (AvgIpc) is 2.74. The SMILES string of the molecule is Cc1ccc(C(=O)Nc2cccc(C(=O)NNC(=S)Nc3ccccc3Cl)c2)cc1. The number of rotatable bonds is 4. The molecule has 4 N–H and O–H groups in total. The third-order valence-electron chi connectivity index (χ3n) is 4.11. The number of thiocarbonyl (C=S) groups is 1. The number of anilines is 2. The first-order valence-electron chi connectivity index (χ1n) is 9.02. The molecule has 0 saturated carbocycles. The molecule has 0 atom stereocenters. The predicted octanol–water partition coefficient (Wildman–Crippen LogP) is 4.53. The Labute approximate surface area is 184 Å². The van der Waals surface area contributed by atoms with Gasteiger partial charge >= 0.3 is 0 Å². The van der Waals surface area contributed by atoms with Gasteiger partial charge in [0, 0.05) is 16.8 Å². The molecule has 0 saturated heterocycles. The second-order valence-corrected chi connectivity index (χ2v) is 7.23. The van der Waals surface area contributed by atoms with E-state index in [2.05, 4.69) is 21.5 Å². The molecule has 0 aliphatic heterocycles. The topological polar surface area (TPSA) is 82.3 Å². The Morgan fingerprint density at radius 3 is 2.27 bits per heavy atom. The summed E-state index contributed by atoms with van der Waals surface area (Å²) in [6.45, 7) is 1.95. The molecule has 8 heteroatoms. The number of benzene rings is 3. The highest BCUT2D eigenvalue weighted by molar-refractivity contribution is 7.80. The van der Waals surface area contributed by atoms with E-state index in [1.807, 2.05) is 25.1 Å². The monoisotopic (exact) mass is 438 g/mol. The molecule has 0 radical (unpaired) electrons. The molecule has 0 aromatic heterocycles. The van der Waals surface area contributed by atoms with E-state index in [-0.39, 0.29) is 11.0 Å². The van der Waals surface area contributed by atoms with Gasteiger partial charge in [-0.15, -0.1) is 0 Å². The van der Waals surface area contributed by atoms with Crippen LogP contribution >= 0.6 is 23.8 Å². The first-order chi connectivity index (χ1) is 14.4. The summed E-state index contributed by atoms with van der Waals surface area (Å²) in [6.07, 6.45) is 0. The number of carbonyl (C=O) groups excluding carboxylic acids is 2. The van der Waals surface area contributed by atoms with E-state index >= 15 is 0 Å². The Balaban J connectivity index is 1.57. The molecule has 3 aromatic rings. The molecule has 0 aliphatic rings. The molecule has 3 aromatic carbocycles. The average molecular weight is 439 g/mol. The van der Waals surface area contributed by atoms with Crippen LogP contribution in [0, 0.1) is 6.92 Å². The van der Waals surface area contributed by atoms with E-state index in [9.17, 15) is 9.59 Å². The number of hydrogen-bond acceptors (Lipinski definition) is 3. The minimum Gasteiger partial charge on any atom is -0.330 e. The zero-order chi connectivity index (χ0) is 21.5. The molecule has 152 valence electrons. The lowest BCUT2D eigenvalue weighted by atomic mass is 10.1. The highest BCUT2D eigenvalue weighted by atomic mass is 35.5. The molecule has 0 aliphatic carbocycles. The van der Waals surface area contributed by atoms with E-state index < -0.39 is 5.91 Å². The largest absolute Gasteiger partial charge is 0.330 e. The van der Waals surface area contributed by atoms with Crippen molar-refractivity contribution >= 4 is 52.1 Å². The zero-order valence-corrected chi connectivity index (χ0v) is 17.6. The van der Waals surface area contributed by atoms with Crippen LogP contribution in [0.15, 0.2) is 72.8 Å². The van der Waals surface area contributed by atoms with Crippen molar-refractivity contribution < 1.29 is 9.59 Å². The van der Waals surface area contributed by atoms with Gasteiger partial charge in [0.25, 0.3) is 11.8 Å². The van der Waals surface area contributed by atoms with E-state index in [4.69, 9.17) is 23.8 Å². The molecule has 3 rings (SSSR count). The van der Waals surface area contributed by atoms with Crippen LogP contribution in [0.3, 0.4) is 0 Å². The summed E-state index contributed by atoms with van der Waals surface area (Å²) in [6, 6.07) is 20.9. The second kappa shape index (κ2) is 9.87. The number of hydrogen-bond donors (Lipinski definition) is 4. The maximum Gasteiger partial charge on any atom is 0.269 e. The predicted molar refractivity (Wildman–Crippen MR) is 124 cm³/mol. The van der Waals surface area contributed by atoms with Crippen LogP contribution in [0.25, 0.3) is 0 Å². The van der Waals surface area contributed by atoms with Crippen LogP contribution in [0.5, 0.6) is 0 Å². The number of carbonyl (C=O) groups is 2. The standard InChI is InChI=1S/C22H19ClN4O2S/c1-14-9-11-15(12-10-14)20(28)24-17-6-4-5-16(13-17)21(29)26-27-22(30)25-19-8-3-2-7-18(19)23/h2-13H,1H3,(H,24,28)(H,26,29)(H2,25,27,30). The highest BCUT2D eigenvalue weighted by Gasteiger charge is 2.10. The van der Waals surface area contributed by atoms with Crippen molar-refractivity contribution in [3.05, 3.63) is 94.5 Å². The first-order valence-corrected chi connectivity index (χ1v) is 9.81. The Morgan fingerprint density at radius 2 is 1.53 bits per heavy atom. The van der Waals surface area contributed by atoms with Gasteiger partial charge in [0.2, 0.25) is 0 Å². The molecule has 30 heavy (non-hydrogen) atoms. The van der Waals surface area contributed by atoms with Crippen molar-refractivity contribution in [2.75, 3.05) is 10.6 Å². The maximum absolute atomic E-state index is 12.4. The van der Waals surface area contributed by atoms with Crippen LogP contribution in [0.1, 0.15) is 26.3 Å². The Hall–Kier alpha value is -3.42. The van der Waals surface area contributed by atoms with Gasteiger partial charge in [0.05, 0.1) is 10.7 Å². The van der Waals surface area contributed by atoms with Gasteiger partial charge in [-0.25, -0.2) is 0 Å². The molecular weight excluding hydrogens is 420 g/mol. The van der Waals surface area contributed by atoms with Gasteiger partial charge in [-0.05, 0) is 61.6 Å². The molecule has 0 fully saturated rings. The fourth-order valence-electron chi connectivity index (χ4n) is 2.55. The number of halogens is 1. The molecule has 0 bridgehead atoms. The number of para-hydroxylation sites is 1. The molecule has 6 nitrogen and oxygen atoms in total. The van der Waals surface area contributed by atoms with Crippen LogP contribution < -0.4 is 21.5 Å². The Morgan fingerprint density at radius 1 is 0.800 bits per heavy atom. The van der Waals surface area contributed by atoms with Crippen LogP contribution in [0.4, 0.5) is 11.4 Å².